The first-order chi connectivity index (χ1) is 25.5. The van der Waals surface area contributed by atoms with E-state index in [2.05, 4.69) is 26.3 Å². The molecule has 8 atom stereocenters. The summed E-state index contributed by atoms with van der Waals surface area (Å²) in [5.74, 6) is -5.64. The third kappa shape index (κ3) is 14.4. The van der Waals surface area contributed by atoms with E-state index in [0.717, 1.165) is 0 Å². The predicted molar refractivity (Wildman–Crippen MR) is 196 cm³/mol. The number of aliphatic carboxylic acids is 1. The van der Waals surface area contributed by atoms with Crippen molar-refractivity contribution >= 4 is 41.5 Å². The number of unbranched alkanes of at least 4 members (excludes halogenated alkanes) is 1. The molecular weight excluding hydrogens is 708 g/mol. The molecular formula is C34H56N10O10. The normalized spacial score (nSPS) is 17.8. The van der Waals surface area contributed by atoms with Crippen LogP contribution in [0.1, 0.15) is 64.4 Å². The van der Waals surface area contributed by atoms with Crippen LogP contribution in [-0.2, 0) is 35.2 Å². The Kier molecular flexibility index (Phi) is 18.6. The summed E-state index contributed by atoms with van der Waals surface area (Å²) in [7, 11) is 0. The van der Waals surface area contributed by atoms with Crippen LogP contribution in [0.2, 0.25) is 0 Å². The second-order valence-electron chi connectivity index (χ2n) is 13.3. The third-order valence-corrected chi connectivity index (χ3v) is 8.82. The van der Waals surface area contributed by atoms with Crippen molar-refractivity contribution in [3.63, 3.8) is 0 Å². The van der Waals surface area contributed by atoms with E-state index in [0.29, 0.717) is 31.4 Å². The molecule has 302 valence electrons. The number of carboxylic acid groups (broad SMARTS) is 1. The molecule has 1 aromatic rings. The van der Waals surface area contributed by atoms with Crippen LogP contribution in [0.4, 0.5) is 0 Å². The molecule has 16 N–H and O–H groups in total. The van der Waals surface area contributed by atoms with Crippen LogP contribution in [0.15, 0.2) is 29.3 Å². The highest BCUT2D eigenvalue weighted by atomic mass is 16.4. The molecule has 0 radical (unpaired) electrons. The van der Waals surface area contributed by atoms with Gasteiger partial charge >= 0.3 is 5.97 Å². The summed E-state index contributed by atoms with van der Waals surface area (Å²) < 4.78 is 0. The SMILES string of the molecule is C[C@@H](O)[C@H](NC(=O)[C@H](CCCN=C(N)N)NC(=O)[C@@H]1CCCN1C(=O)[C@H](Cc1ccc(O)cc1)NC(=O)[C@@H](NC(=O)[C@@H](N)CCCCN)[C@@H](C)O)C(=O)O. The number of aromatic hydroxyl groups is 1. The smallest absolute Gasteiger partial charge is 0.328 e. The van der Waals surface area contributed by atoms with Gasteiger partial charge in [0.05, 0.1) is 18.2 Å². The molecule has 1 heterocycles. The van der Waals surface area contributed by atoms with Gasteiger partial charge in [-0.2, -0.15) is 0 Å². The molecule has 1 aliphatic heterocycles. The number of aliphatic hydroxyl groups excluding tert-OH is 2. The lowest BCUT2D eigenvalue weighted by Gasteiger charge is -2.31. The largest absolute Gasteiger partial charge is 0.508 e. The molecule has 20 heteroatoms. The Morgan fingerprint density at radius 2 is 1.48 bits per heavy atom. The fourth-order valence-electron chi connectivity index (χ4n) is 5.82. The zero-order valence-electron chi connectivity index (χ0n) is 30.6. The van der Waals surface area contributed by atoms with Gasteiger partial charge < -0.3 is 69.5 Å². The number of likely N-dealkylation sites (tertiary alicyclic amines) is 1. The minimum Gasteiger partial charge on any atom is -0.508 e. The predicted octanol–water partition coefficient (Wildman–Crippen LogP) is -3.78. The Bertz CT molecular complexity index is 1450. The van der Waals surface area contributed by atoms with Gasteiger partial charge in [0.1, 0.15) is 29.9 Å². The van der Waals surface area contributed by atoms with Gasteiger partial charge in [0.15, 0.2) is 12.0 Å². The Balaban J connectivity index is 2.34. The van der Waals surface area contributed by atoms with Gasteiger partial charge in [-0.15, -0.1) is 0 Å². The van der Waals surface area contributed by atoms with Crippen LogP contribution < -0.4 is 44.2 Å². The molecule has 0 unspecified atom stereocenters. The van der Waals surface area contributed by atoms with Crippen molar-refractivity contribution in [2.24, 2.45) is 27.9 Å². The van der Waals surface area contributed by atoms with Crippen LogP contribution in [0.25, 0.3) is 0 Å². The van der Waals surface area contributed by atoms with Crippen LogP contribution in [0.5, 0.6) is 5.75 Å². The van der Waals surface area contributed by atoms with Crippen molar-refractivity contribution in [3.05, 3.63) is 29.8 Å². The van der Waals surface area contributed by atoms with E-state index in [9.17, 15) is 49.2 Å². The van der Waals surface area contributed by atoms with Gasteiger partial charge in [0, 0.05) is 19.5 Å². The molecule has 54 heavy (non-hydrogen) atoms. The first-order valence-electron chi connectivity index (χ1n) is 17.9. The number of rotatable bonds is 22. The molecule has 1 aromatic carbocycles. The first kappa shape index (κ1) is 45.1. The molecule has 0 saturated carbocycles. The van der Waals surface area contributed by atoms with Crippen molar-refractivity contribution in [2.45, 2.75) is 114 Å². The maximum atomic E-state index is 14.2. The van der Waals surface area contributed by atoms with Crippen molar-refractivity contribution in [1.82, 2.24) is 26.2 Å². The number of hydrogen-bond acceptors (Lipinski definition) is 12. The van der Waals surface area contributed by atoms with E-state index in [4.69, 9.17) is 22.9 Å². The molecule has 0 bridgehead atoms. The van der Waals surface area contributed by atoms with Crippen LogP contribution in [-0.4, -0.2) is 135 Å². The van der Waals surface area contributed by atoms with Crippen molar-refractivity contribution in [3.8, 4) is 5.75 Å². The fourth-order valence-corrected chi connectivity index (χ4v) is 5.82. The summed E-state index contributed by atoms with van der Waals surface area (Å²) in [5, 5.41) is 49.5. The Hall–Kier alpha value is -5.05. The molecule has 1 saturated heterocycles. The van der Waals surface area contributed by atoms with Gasteiger partial charge in [0.25, 0.3) is 0 Å². The minimum absolute atomic E-state index is 0.0379. The zero-order valence-corrected chi connectivity index (χ0v) is 30.6. The summed E-state index contributed by atoms with van der Waals surface area (Å²) in [4.78, 5) is 84.3. The number of guanidine groups is 1. The fraction of sp³-hybridized carbons (Fsp3) is 0.618. The standard InChI is InChI=1S/C34H56N10O10/c1-18(45)26(42-28(48)22(36)7-3-4-14-35)31(51)41-24(17-20-10-12-21(47)13-11-20)32(52)44-16-6-9-25(44)30(50)40-23(8-5-15-39-34(37)38)29(49)43-27(19(2)46)33(53)54/h10-13,18-19,22-27,45-47H,3-9,14-17,35-36H2,1-2H3,(H,40,50)(H,41,51)(H,42,48)(H,43,49)(H,53,54)(H4,37,38,39)/t18-,19-,22+,23+,24+,25+,26+,27+/m1/s1. The molecule has 0 aromatic heterocycles. The third-order valence-electron chi connectivity index (χ3n) is 8.82. The minimum atomic E-state index is -1.68. The van der Waals surface area contributed by atoms with Gasteiger partial charge in [-0.05, 0) is 76.6 Å². The number of amides is 5. The maximum absolute atomic E-state index is 14.2. The maximum Gasteiger partial charge on any atom is 0.328 e. The average Bonchev–Trinajstić information content (AvgIpc) is 3.60. The summed E-state index contributed by atoms with van der Waals surface area (Å²) in [6, 6.07) is -2.06. The number of benzene rings is 1. The first-order valence-corrected chi connectivity index (χ1v) is 17.9. The summed E-state index contributed by atoms with van der Waals surface area (Å²) in [5.41, 5.74) is 22.8. The van der Waals surface area contributed by atoms with Crippen LogP contribution in [0, 0.1) is 0 Å². The van der Waals surface area contributed by atoms with E-state index in [1.807, 2.05) is 0 Å². The van der Waals surface area contributed by atoms with Gasteiger partial charge in [-0.3, -0.25) is 29.0 Å². The lowest BCUT2D eigenvalue weighted by molar-refractivity contribution is -0.145. The number of carbonyl (C=O) groups is 6. The highest BCUT2D eigenvalue weighted by Crippen LogP contribution is 2.21. The highest BCUT2D eigenvalue weighted by molar-refractivity contribution is 5.97. The summed E-state index contributed by atoms with van der Waals surface area (Å²) >= 11 is 0. The molecule has 0 spiro atoms. The molecule has 20 nitrogen and oxygen atoms in total. The molecule has 0 aliphatic carbocycles. The van der Waals surface area contributed by atoms with E-state index >= 15 is 0 Å². The number of carboxylic acids is 1. The molecule has 1 aliphatic rings. The zero-order chi connectivity index (χ0) is 40.5. The monoisotopic (exact) mass is 764 g/mol. The summed E-state index contributed by atoms with van der Waals surface area (Å²) in [6.45, 7) is 3.06. The van der Waals surface area contributed by atoms with Crippen molar-refractivity contribution in [2.75, 3.05) is 19.6 Å². The molecule has 1 fully saturated rings. The number of phenolic OH excluding ortho intramolecular Hbond substituents is 1. The number of nitrogens with two attached hydrogens (primary N) is 4. The number of hydrogen-bond donors (Lipinski definition) is 12. The second kappa shape index (κ2) is 22.2. The number of phenols is 1. The quantitative estimate of drug-likeness (QED) is 0.0306. The lowest BCUT2D eigenvalue weighted by atomic mass is 10.0. The van der Waals surface area contributed by atoms with Crippen molar-refractivity contribution in [1.29, 1.82) is 0 Å². The Morgan fingerprint density at radius 1 is 0.852 bits per heavy atom. The number of nitrogens with one attached hydrogen (secondary N) is 4. The van der Waals surface area contributed by atoms with E-state index in [1.165, 1.54) is 43.0 Å². The summed E-state index contributed by atoms with van der Waals surface area (Å²) in [6.07, 6.45) is -0.768. The van der Waals surface area contributed by atoms with E-state index in [1.54, 1.807) is 0 Å². The number of carbonyl (C=O) groups excluding carboxylic acids is 5. The second-order valence-corrected chi connectivity index (χ2v) is 13.3. The Morgan fingerprint density at radius 3 is 2.06 bits per heavy atom. The lowest BCUT2D eigenvalue weighted by Crippen LogP contribution is -2.61. The molecule has 2 rings (SSSR count). The molecule has 5 amide bonds. The topological polar surface area (TPSA) is 351 Å². The van der Waals surface area contributed by atoms with Gasteiger partial charge in [-0.1, -0.05) is 18.6 Å². The number of nitrogens with zero attached hydrogens (tertiary/aromatic N) is 2. The number of aliphatic hydroxyl groups is 2. The van der Waals surface area contributed by atoms with Crippen molar-refractivity contribution < 1.29 is 49.2 Å². The number of aliphatic imine (C=N–C) groups is 1. The van der Waals surface area contributed by atoms with Gasteiger partial charge in [-0.25, -0.2) is 4.79 Å². The van der Waals surface area contributed by atoms with Crippen LogP contribution >= 0.6 is 0 Å². The average molecular weight is 765 g/mol. The Labute approximate surface area is 313 Å². The highest BCUT2D eigenvalue weighted by Gasteiger charge is 2.40. The van der Waals surface area contributed by atoms with E-state index < -0.39 is 84.0 Å². The van der Waals surface area contributed by atoms with Crippen LogP contribution in [0.3, 0.4) is 0 Å². The van der Waals surface area contributed by atoms with E-state index in [-0.39, 0.29) is 56.9 Å². The van der Waals surface area contributed by atoms with Gasteiger partial charge in [0.2, 0.25) is 29.5 Å².